The Morgan fingerprint density at radius 1 is 1.67 bits per heavy atom. The molecular formula is C3H7FO4S. The first kappa shape index (κ1) is 8.80. The van der Waals surface area contributed by atoms with Crippen molar-refractivity contribution in [3.8, 4) is 0 Å². The highest BCUT2D eigenvalue weighted by molar-refractivity contribution is 7.87. The molecule has 1 unspecified atom stereocenters. The first-order chi connectivity index (χ1) is 3.81. The second-order valence-corrected chi connectivity index (χ2v) is 3.54. The minimum Gasteiger partial charge on any atom is -0.392 e. The molecule has 56 valence electrons. The van der Waals surface area contributed by atoms with Crippen LogP contribution >= 0.6 is 0 Å². The van der Waals surface area contributed by atoms with Gasteiger partial charge in [0.2, 0.25) is 0 Å². The van der Waals surface area contributed by atoms with Crippen LogP contribution in [0.25, 0.3) is 0 Å². The average molecular weight is 158 g/mol. The van der Waals surface area contributed by atoms with Crippen molar-refractivity contribution >= 4 is 10.1 Å². The summed E-state index contributed by atoms with van der Waals surface area (Å²) in [6, 6.07) is 0. The highest BCUT2D eigenvalue weighted by atomic mass is 32.2. The highest BCUT2D eigenvalue weighted by Gasteiger charge is 2.37. The largest absolute Gasteiger partial charge is 0.392 e. The molecule has 6 heteroatoms. The number of alkyl halides is 1. The van der Waals surface area contributed by atoms with E-state index in [9.17, 15) is 12.8 Å². The van der Waals surface area contributed by atoms with Crippen LogP contribution in [0.1, 0.15) is 6.92 Å². The van der Waals surface area contributed by atoms with Crippen molar-refractivity contribution < 1.29 is 22.5 Å². The van der Waals surface area contributed by atoms with Crippen LogP contribution in [0, 0.1) is 0 Å². The summed E-state index contributed by atoms with van der Waals surface area (Å²) in [5, 5.41) is 5.08. The average Bonchev–Trinajstić information content (AvgIpc) is 1.64. The lowest BCUT2D eigenvalue weighted by Gasteiger charge is -2.11. The minimum atomic E-state index is -4.77. The second-order valence-electron chi connectivity index (χ2n) is 1.73. The Bertz CT molecular complexity index is 182. The molecule has 2 N–H and O–H groups in total. The predicted octanol–water partition coefficient (Wildman–Crippen LogP) is -0.448. The standard InChI is InChI=1S/C3H7FO4S/c1-3(4,2-5)9(6,7)8/h5H,2H2,1H3,(H,6,7,8). The number of hydrogen-bond acceptors (Lipinski definition) is 3. The summed E-state index contributed by atoms with van der Waals surface area (Å²) in [6.45, 7) is -0.672. The van der Waals surface area contributed by atoms with Crippen molar-refractivity contribution in [3.63, 3.8) is 0 Å². The van der Waals surface area contributed by atoms with E-state index in [0.717, 1.165) is 0 Å². The lowest BCUT2D eigenvalue weighted by atomic mass is 10.5. The molecule has 0 bridgehead atoms. The van der Waals surface area contributed by atoms with Crippen molar-refractivity contribution in [3.05, 3.63) is 0 Å². The number of hydrogen-bond donors (Lipinski definition) is 2. The molecule has 0 rings (SSSR count). The Morgan fingerprint density at radius 3 is 2.00 bits per heavy atom. The van der Waals surface area contributed by atoms with Crippen LogP contribution in [0.3, 0.4) is 0 Å². The van der Waals surface area contributed by atoms with Gasteiger partial charge in [0.15, 0.2) is 0 Å². The van der Waals surface area contributed by atoms with Crippen LogP contribution in [0.5, 0.6) is 0 Å². The molecule has 0 heterocycles. The monoisotopic (exact) mass is 158 g/mol. The molecule has 0 aromatic heterocycles. The van der Waals surface area contributed by atoms with Crippen molar-refractivity contribution in [1.82, 2.24) is 0 Å². The zero-order chi connectivity index (χ0) is 7.71. The Kier molecular flexibility index (Phi) is 2.15. The summed E-state index contributed by atoms with van der Waals surface area (Å²) >= 11 is 0. The Hall–Kier alpha value is -0.200. The number of halogens is 1. The van der Waals surface area contributed by atoms with Crippen molar-refractivity contribution in [2.75, 3.05) is 6.61 Å². The maximum absolute atomic E-state index is 12.2. The highest BCUT2D eigenvalue weighted by Crippen LogP contribution is 2.15. The number of rotatable bonds is 2. The molecule has 0 aromatic rings. The van der Waals surface area contributed by atoms with Gasteiger partial charge in [-0.1, -0.05) is 0 Å². The van der Waals surface area contributed by atoms with E-state index >= 15 is 0 Å². The van der Waals surface area contributed by atoms with Gasteiger partial charge in [-0.15, -0.1) is 0 Å². The van der Waals surface area contributed by atoms with E-state index in [1.165, 1.54) is 0 Å². The Balaban J connectivity index is 4.56. The van der Waals surface area contributed by atoms with Crippen molar-refractivity contribution in [1.29, 1.82) is 0 Å². The zero-order valence-electron chi connectivity index (χ0n) is 4.70. The smallest absolute Gasteiger partial charge is 0.302 e. The molecule has 0 radical (unpaired) electrons. The Labute approximate surface area is 52.1 Å². The molecule has 4 nitrogen and oxygen atoms in total. The molecule has 0 amide bonds. The third-order valence-electron chi connectivity index (χ3n) is 0.820. The van der Waals surface area contributed by atoms with E-state index in [1.807, 2.05) is 0 Å². The third kappa shape index (κ3) is 1.88. The molecule has 1 atom stereocenters. The molecule has 0 aliphatic rings. The van der Waals surface area contributed by atoms with E-state index in [1.54, 1.807) is 0 Å². The van der Waals surface area contributed by atoms with Crippen LogP contribution < -0.4 is 0 Å². The van der Waals surface area contributed by atoms with Gasteiger partial charge in [0, 0.05) is 0 Å². The molecule has 0 saturated carbocycles. The summed E-state index contributed by atoms with van der Waals surface area (Å²) < 4.78 is 40.0. The summed E-state index contributed by atoms with van der Waals surface area (Å²) in [6.07, 6.45) is 0. The fourth-order valence-corrected chi connectivity index (χ4v) is 0.245. The molecule has 0 aliphatic heterocycles. The van der Waals surface area contributed by atoms with E-state index in [2.05, 4.69) is 0 Å². The topological polar surface area (TPSA) is 74.6 Å². The lowest BCUT2D eigenvalue weighted by Crippen LogP contribution is -2.33. The fourth-order valence-electron chi connectivity index (χ4n) is 0.0816. The summed E-state index contributed by atoms with van der Waals surface area (Å²) in [5.41, 5.74) is 0. The van der Waals surface area contributed by atoms with Gasteiger partial charge in [0.25, 0.3) is 5.00 Å². The molecular weight excluding hydrogens is 151 g/mol. The summed E-state index contributed by atoms with van der Waals surface area (Å²) in [4.78, 5) is 0. The van der Waals surface area contributed by atoms with Crippen LogP contribution in [-0.2, 0) is 10.1 Å². The summed E-state index contributed by atoms with van der Waals surface area (Å²) in [5.74, 6) is 0. The van der Waals surface area contributed by atoms with Gasteiger partial charge in [0.05, 0.1) is 6.61 Å². The van der Waals surface area contributed by atoms with Crippen LogP contribution in [0.4, 0.5) is 4.39 Å². The lowest BCUT2D eigenvalue weighted by molar-refractivity contribution is 0.146. The van der Waals surface area contributed by atoms with E-state index in [4.69, 9.17) is 9.66 Å². The van der Waals surface area contributed by atoms with Gasteiger partial charge in [-0.05, 0) is 6.92 Å². The molecule has 9 heavy (non-hydrogen) atoms. The second kappa shape index (κ2) is 2.20. The minimum absolute atomic E-state index is 0.572. The van der Waals surface area contributed by atoms with E-state index in [-0.39, 0.29) is 0 Å². The first-order valence-corrected chi connectivity index (χ1v) is 3.52. The number of aliphatic hydroxyl groups is 1. The molecule has 0 saturated heterocycles. The van der Waals surface area contributed by atoms with Gasteiger partial charge in [-0.3, -0.25) is 4.55 Å². The fraction of sp³-hybridized carbons (Fsp3) is 1.00. The predicted molar refractivity (Wildman–Crippen MR) is 28.1 cm³/mol. The normalized spacial score (nSPS) is 19.1. The maximum Gasteiger partial charge on any atom is 0.302 e. The molecule has 0 aromatic carbocycles. The van der Waals surface area contributed by atoms with Crippen LogP contribution in [0.15, 0.2) is 0 Å². The van der Waals surface area contributed by atoms with Crippen LogP contribution in [0.2, 0.25) is 0 Å². The van der Waals surface area contributed by atoms with Gasteiger partial charge in [0.1, 0.15) is 0 Å². The van der Waals surface area contributed by atoms with Gasteiger partial charge in [-0.2, -0.15) is 8.42 Å². The van der Waals surface area contributed by atoms with Gasteiger partial charge >= 0.3 is 10.1 Å². The van der Waals surface area contributed by atoms with E-state index < -0.39 is 21.7 Å². The third-order valence-corrected chi connectivity index (χ3v) is 2.03. The zero-order valence-corrected chi connectivity index (χ0v) is 5.52. The van der Waals surface area contributed by atoms with Gasteiger partial charge in [-0.25, -0.2) is 4.39 Å². The molecule has 0 aliphatic carbocycles. The van der Waals surface area contributed by atoms with Crippen molar-refractivity contribution in [2.24, 2.45) is 0 Å². The van der Waals surface area contributed by atoms with Crippen LogP contribution in [-0.4, -0.2) is 29.7 Å². The maximum atomic E-state index is 12.2. The quantitative estimate of drug-likeness (QED) is 0.534. The summed E-state index contributed by atoms with van der Waals surface area (Å²) in [7, 11) is -4.77. The van der Waals surface area contributed by atoms with E-state index in [0.29, 0.717) is 6.92 Å². The Morgan fingerprint density at radius 2 is 2.00 bits per heavy atom. The van der Waals surface area contributed by atoms with Crippen molar-refractivity contribution in [2.45, 2.75) is 11.9 Å². The first-order valence-electron chi connectivity index (χ1n) is 2.08. The SMILES string of the molecule is CC(F)(CO)S(=O)(=O)O. The molecule has 0 spiro atoms. The van der Waals surface area contributed by atoms with Gasteiger partial charge < -0.3 is 5.11 Å². The number of aliphatic hydroxyl groups excluding tert-OH is 1. The molecule has 0 fully saturated rings.